The van der Waals surface area contributed by atoms with Crippen molar-refractivity contribution in [3.63, 3.8) is 0 Å². The highest BCUT2D eigenvalue weighted by molar-refractivity contribution is 9.10. The molecule has 8 heteroatoms. The molecule has 0 saturated heterocycles. The molecule has 0 radical (unpaired) electrons. The Kier molecular flexibility index (Phi) is 6.65. The van der Waals surface area contributed by atoms with E-state index in [0.29, 0.717) is 29.3 Å². The molecule has 0 atom stereocenters. The largest absolute Gasteiger partial charge is 0.492 e. The van der Waals surface area contributed by atoms with Gasteiger partial charge in [-0.25, -0.2) is 4.79 Å². The van der Waals surface area contributed by atoms with Crippen LogP contribution in [-0.2, 0) is 11.4 Å². The molecule has 0 bridgehead atoms. The van der Waals surface area contributed by atoms with Gasteiger partial charge in [0.2, 0.25) is 0 Å². The van der Waals surface area contributed by atoms with Gasteiger partial charge in [-0.3, -0.25) is 9.58 Å². The monoisotopic (exact) mass is 415 g/mol. The number of hydrogen-bond donors (Lipinski definition) is 0. The summed E-state index contributed by atoms with van der Waals surface area (Å²) in [7, 11) is 3.29. The molecule has 1 aromatic heterocycles. The molecule has 1 aromatic carbocycles. The fourth-order valence-electron chi connectivity index (χ4n) is 2.04. The fraction of sp³-hybridized carbons (Fsp3) is 0.375. The maximum atomic E-state index is 11.7. The fourth-order valence-corrected chi connectivity index (χ4v) is 2.61. The Labute approximate surface area is 154 Å². The van der Waals surface area contributed by atoms with E-state index in [4.69, 9.17) is 21.1 Å². The summed E-state index contributed by atoms with van der Waals surface area (Å²) in [6.07, 6.45) is 0. The number of halogens is 2. The Bertz CT molecular complexity index is 703. The number of benzene rings is 1. The molecule has 130 valence electrons. The zero-order valence-electron chi connectivity index (χ0n) is 13.8. The van der Waals surface area contributed by atoms with Crippen LogP contribution in [0, 0.1) is 6.92 Å². The van der Waals surface area contributed by atoms with Gasteiger partial charge in [0.1, 0.15) is 12.4 Å². The molecule has 24 heavy (non-hydrogen) atoms. The second-order valence-corrected chi connectivity index (χ2v) is 6.49. The number of esters is 1. The summed E-state index contributed by atoms with van der Waals surface area (Å²) in [6.45, 7) is 3.66. The van der Waals surface area contributed by atoms with Crippen LogP contribution < -0.4 is 4.74 Å². The molecule has 0 amide bonds. The van der Waals surface area contributed by atoms with Crippen molar-refractivity contribution in [2.75, 3.05) is 27.3 Å². The lowest BCUT2D eigenvalue weighted by molar-refractivity contribution is 0.0591. The van der Waals surface area contributed by atoms with Crippen LogP contribution >= 0.6 is 27.5 Å². The van der Waals surface area contributed by atoms with Crippen molar-refractivity contribution >= 4 is 33.5 Å². The first-order chi connectivity index (χ1) is 11.4. The van der Waals surface area contributed by atoms with Gasteiger partial charge in [-0.2, -0.15) is 5.10 Å². The van der Waals surface area contributed by atoms with Gasteiger partial charge >= 0.3 is 5.97 Å². The van der Waals surface area contributed by atoms with Gasteiger partial charge in [0.25, 0.3) is 0 Å². The van der Waals surface area contributed by atoms with E-state index in [-0.39, 0.29) is 5.69 Å². The lowest BCUT2D eigenvalue weighted by atomic mass is 10.3. The van der Waals surface area contributed by atoms with Crippen molar-refractivity contribution in [2.45, 2.75) is 13.6 Å². The second kappa shape index (κ2) is 8.50. The Hall–Kier alpha value is -1.57. The number of ether oxygens (including phenoxy) is 2. The zero-order chi connectivity index (χ0) is 17.7. The third-order valence-electron chi connectivity index (χ3n) is 3.44. The van der Waals surface area contributed by atoms with Gasteiger partial charge in [-0.15, -0.1) is 0 Å². The number of aromatic nitrogens is 2. The van der Waals surface area contributed by atoms with Crippen molar-refractivity contribution < 1.29 is 14.3 Å². The molecule has 2 aromatic rings. The SMILES string of the molecule is COC(=O)c1nn(CN(C)CCOc2ccc(Cl)cc2)c(C)c1Br. The van der Waals surface area contributed by atoms with Crippen LogP contribution in [0.3, 0.4) is 0 Å². The van der Waals surface area contributed by atoms with Crippen LogP contribution in [0.15, 0.2) is 28.7 Å². The third kappa shape index (κ3) is 4.72. The van der Waals surface area contributed by atoms with E-state index in [2.05, 4.69) is 21.0 Å². The highest BCUT2D eigenvalue weighted by Gasteiger charge is 2.19. The average Bonchev–Trinajstić information content (AvgIpc) is 2.84. The predicted octanol–water partition coefficient (Wildman–Crippen LogP) is 3.36. The smallest absolute Gasteiger partial charge is 0.359 e. The highest BCUT2D eigenvalue weighted by Crippen LogP contribution is 2.21. The Morgan fingerprint density at radius 2 is 2.04 bits per heavy atom. The minimum atomic E-state index is -0.461. The van der Waals surface area contributed by atoms with Gasteiger partial charge in [-0.1, -0.05) is 11.6 Å². The molecule has 0 fully saturated rings. The van der Waals surface area contributed by atoms with E-state index >= 15 is 0 Å². The van der Waals surface area contributed by atoms with E-state index in [0.717, 1.165) is 11.4 Å². The molecule has 0 N–H and O–H groups in total. The van der Waals surface area contributed by atoms with E-state index in [1.807, 2.05) is 31.0 Å². The Balaban J connectivity index is 1.89. The maximum Gasteiger partial charge on any atom is 0.359 e. The van der Waals surface area contributed by atoms with Crippen LogP contribution in [0.2, 0.25) is 5.02 Å². The van der Waals surface area contributed by atoms with Crippen molar-refractivity contribution in [2.24, 2.45) is 0 Å². The van der Waals surface area contributed by atoms with E-state index in [1.165, 1.54) is 7.11 Å². The Morgan fingerprint density at radius 1 is 1.38 bits per heavy atom. The van der Waals surface area contributed by atoms with Gasteiger partial charge in [0, 0.05) is 11.6 Å². The van der Waals surface area contributed by atoms with Crippen molar-refractivity contribution in [3.8, 4) is 5.75 Å². The first-order valence-electron chi connectivity index (χ1n) is 7.30. The average molecular weight is 417 g/mol. The van der Waals surface area contributed by atoms with E-state index in [1.54, 1.807) is 16.8 Å². The lowest BCUT2D eigenvalue weighted by Crippen LogP contribution is -2.28. The first-order valence-corrected chi connectivity index (χ1v) is 8.47. The van der Waals surface area contributed by atoms with Gasteiger partial charge in [0.15, 0.2) is 5.69 Å². The van der Waals surface area contributed by atoms with Crippen LogP contribution in [0.4, 0.5) is 0 Å². The van der Waals surface area contributed by atoms with Crippen molar-refractivity contribution in [1.29, 1.82) is 0 Å². The number of nitrogens with zero attached hydrogens (tertiary/aromatic N) is 3. The third-order valence-corrected chi connectivity index (χ3v) is 4.64. The highest BCUT2D eigenvalue weighted by atomic mass is 79.9. The summed E-state index contributed by atoms with van der Waals surface area (Å²) in [4.78, 5) is 13.7. The first kappa shape index (κ1) is 18.8. The molecule has 0 aliphatic carbocycles. The van der Waals surface area contributed by atoms with Crippen molar-refractivity contribution in [1.82, 2.24) is 14.7 Å². The molecule has 6 nitrogen and oxygen atoms in total. The zero-order valence-corrected chi connectivity index (χ0v) is 16.1. The minimum absolute atomic E-state index is 0.279. The molecule has 0 aliphatic heterocycles. The minimum Gasteiger partial charge on any atom is -0.492 e. The number of carbonyl (C=O) groups excluding carboxylic acids is 1. The van der Waals surface area contributed by atoms with Gasteiger partial charge in [0.05, 0.1) is 23.9 Å². The summed E-state index contributed by atoms with van der Waals surface area (Å²) in [6, 6.07) is 7.25. The number of carbonyl (C=O) groups is 1. The number of hydrogen-bond acceptors (Lipinski definition) is 5. The normalized spacial score (nSPS) is 10.9. The molecule has 0 spiro atoms. The van der Waals surface area contributed by atoms with E-state index in [9.17, 15) is 4.79 Å². The summed E-state index contributed by atoms with van der Waals surface area (Å²) >= 11 is 9.22. The molecular formula is C16H19BrClN3O3. The Morgan fingerprint density at radius 3 is 2.67 bits per heavy atom. The number of likely N-dealkylation sites (N-methyl/N-ethyl adjacent to an activating group) is 1. The van der Waals surface area contributed by atoms with E-state index < -0.39 is 5.97 Å². The molecule has 1 heterocycles. The maximum absolute atomic E-state index is 11.7. The summed E-state index contributed by atoms with van der Waals surface area (Å²) in [5.74, 6) is 0.316. The van der Waals surface area contributed by atoms with Crippen LogP contribution in [0.1, 0.15) is 16.2 Å². The quantitative estimate of drug-likeness (QED) is 0.648. The number of methoxy groups -OCH3 is 1. The number of rotatable bonds is 7. The summed E-state index contributed by atoms with van der Waals surface area (Å²) in [5, 5.41) is 4.98. The standard InChI is InChI=1S/C16H19BrClN3O3/c1-11-14(17)15(16(22)23-3)19-21(11)10-20(2)8-9-24-13-6-4-12(18)5-7-13/h4-7H,8-10H2,1-3H3. The second-order valence-electron chi connectivity index (χ2n) is 5.26. The van der Waals surface area contributed by atoms with Crippen LogP contribution in [0.25, 0.3) is 0 Å². The van der Waals surface area contributed by atoms with Gasteiger partial charge < -0.3 is 9.47 Å². The van der Waals surface area contributed by atoms with Crippen LogP contribution in [-0.4, -0.2) is 48.0 Å². The molecule has 0 unspecified atom stereocenters. The topological polar surface area (TPSA) is 56.6 Å². The molecule has 0 aliphatic rings. The van der Waals surface area contributed by atoms with Crippen molar-refractivity contribution in [3.05, 3.63) is 45.1 Å². The molecule has 2 rings (SSSR count). The van der Waals surface area contributed by atoms with Crippen LogP contribution in [0.5, 0.6) is 5.75 Å². The summed E-state index contributed by atoms with van der Waals surface area (Å²) < 4.78 is 12.8. The predicted molar refractivity (Wildman–Crippen MR) is 95.6 cm³/mol. The summed E-state index contributed by atoms with van der Waals surface area (Å²) in [5.41, 5.74) is 1.14. The molecular weight excluding hydrogens is 398 g/mol. The molecule has 0 saturated carbocycles. The lowest BCUT2D eigenvalue weighted by Gasteiger charge is -2.18. The van der Waals surface area contributed by atoms with Gasteiger partial charge in [-0.05, 0) is 54.2 Å².